The van der Waals surface area contributed by atoms with E-state index in [1.807, 2.05) is 30.3 Å². The highest BCUT2D eigenvalue weighted by molar-refractivity contribution is 5.86. The summed E-state index contributed by atoms with van der Waals surface area (Å²) in [6, 6.07) is 8.75. The number of benzene rings is 1. The fraction of sp³-hybridized carbons (Fsp3) is 0.471. The molecule has 6 heteroatoms. The normalized spacial score (nSPS) is 20.7. The Bertz CT molecular complexity index is 572. The van der Waals surface area contributed by atoms with Gasteiger partial charge in [-0.3, -0.25) is 14.5 Å². The van der Waals surface area contributed by atoms with Crippen LogP contribution in [0.2, 0.25) is 0 Å². The fourth-order valence-electron chi connectivity index (χ4n) is 2.76. The number of hydrogen-bond donors (Lipinski definition) is 0. The number of amides is 1. The molecule has 1 saturated heterocycles. The Hall–Kier alpha value is -2.37. The van der Waals surface area contributed by atoms with E-state index in [4.69, 9.17) is 9.47 Å². The Labute approximate surface area is 135 Å². The van der Waals surface area contributed by atoms with Gasteiger partial charge in [0, 0.05) is 6.54 Å². The Morgan fingerprint density at radius 3 is 2.48 bits per heavy atom. The SMILES string of the molecule is COC(=O)C1CCC(C(C)=O)N(C(=O)OCc2ccccc2)C1. The van der Waals surface area contributed by atoms with Crippen molar-refractivity contribution in [2.75, 3.05) is 13.7 Å². The molecule has 0 spiro atoms. The highest BCUT2D eigenvalue weighted by Gasteiger charge is 2.38. The van der Waals surface area contributed by atoms with Crippen LogP contribution >= 0.6 is 0 Å². The molecule has 124 valence electrons. The monoisotopic (exact) mass is 319 g/mol. The first kappa shape index (κ1) is 17.0. The molecular formula is C17H21NO5. The van der Waals surface area contributed by atoms with Crippen LogP contribution in [0.3, 0.4) is 0 Å². The number of ether oxygens (including phenoxy) is 2. The van der Waals surface area contributed by atoms with Crippen LogP contribution in [0.15, 0.2) is 30.3 Å². The zero-order valence-corrected chi connectivity index (χ0v) is 13.4. The Kier molecular flexibility index (Phi) is 5.73. The third kappa shape index (κ3) is 4.31. The number of Topliss-reactive ketones (excluding diaryl/α,β-unsaturated/α-hetero) is 1. The predicted molar refractivity (Wildman–Crippen MR) is 82.5 cm³/mol. The van der Waals surface area contributed by atoms with Crippen LogP contribution in [0.1, 0.15) is 25.3 Å². The van der Waals surface area contributed by atoms with Crippen molar-refractivity contribution in [2.45, 2.75) is 32.4 Å². The van der Waals surface area contributed by atoms with Crippen molar-refractivity contribution in [3.8, 4) is 0 Å². The number of methoxy groups -OCH3 is 1. The number of nitrogens with zero attached hydrogens (tertiary/aromatic N) is 1. The van der Waals surface area contributed by atoms with Gasteiger partial charge < -0.3 is 9.47 Å². The first-order valence-corrected chi connectivity index (χ1v) is 7.58. The standard InChI is InChI=1S/C17H21NO5/c1-12(19)15-9-8-14(16(20)22-2)10-18(15)17(21)23-11-13-6-4-3-5-7-13/h3-7,14-15H,8-11H2,1-2H3. The second-order valence-corrected chi connectivity index (χ2v) is 5.62. The molecule has 0 aliphatic carbocycles. The number of carbonyl (C=O) groups excluding carboxylic acids is 3. The first-order chi connectivity index (χ1) is 11.0. The minimum Gasteiger partial charge on any atom is -0.469 e. The minimum atomic E-state index is -0.581. The Morgan fingerprint density at radius 2 is 1.87 bits per heavy atom. The molecule has 0 N–H and O–H groups in total. The molecule has 6 nitrogen and oxygen atoms in total. The molecule has 0 aromatic heterocycles. The van der Waals surface area contributed by atoms with Crippen molar-refractivity contribution >= 4 is 17.8 Å². The van der Waals surface area contributed by atoms with Gasteiger partial charge in [0.2, 0.25) is 0 Å². The van der Waals surface area contributed by atoms with Crippen molar-refractivity contribution in [2.24, 2.45) is 5.92 Å². The summed E-state index contributed by atoms with van der Waals surface area (Å²) in [5.41, 5.74) is 0.863. The van der Waals surface area contributed by atoms with Crippen molar-refractivity contribution in [1.29, 1.82) is 0 Å². The number of esters is 1. The average Bonchev–Trinajstić information content (AvgIpc) is 2.59. The maximum Gasteiger partial charge on any atom is 0.410 e. The maximum atomic E-state index is 12.3. The van der Waals surface area contributed by atoms with Crippen LogP contribution in [0, 0.1) is 5.92 Å². The molecule has 1 aromatic carbocycles. The zero-order chi connectivity index (χ0) is 16.8. The molecule has 2 atom stereocenters. The summed E-state index contributed by atoms with van der Waals surface area (Å²) in [5.74, 6) is -0.891. The molecule has 1 aromatic rings. The van der Waals surface area contributed by atoms with Gasteiger partial charge in [0.25, 0.3) is 0 Å². The van der Waals surface area contributed by atoms with Gasteiger partial charge in [-0.15, -0.1) is 0 Å². The molecule has 1 heterocycles. The molecule has 1 aliphatic heterocycles. The zero-order valence-electron chi connectivity index (χ0n) is 13.4. The van der Waals surface area contributed by atoms with E-state index in [-0.39, 0.29) is 24.9 Å². The maximum absolute atomic E-state index is 12.3. The van der Waals surface area contributed by atoms with E-state index >= 15 is 0 Å². The predicted octanol–water partition coefficient (Wildman–Crippen LogP) is 2.17. The van der Waals surface area contributed by atoms with Gasteiger partial charge in [0.05, 0.1) is 19.1 Å². The lowest BCUT2D eigenvalue weighted by atomic mass is 9.91. The number of rotatable bonds is 4. The molecule has 1 fully saturated rings. The lowest BCUT2D eigenvalue weighted by molar-refractivity contribution is -0.148. The highest BCUT2D eigenvalue weighted by Crippen LogP contribution is 2.24. The van der Waals surface area contributed by atoms with Crippen LogP contribution in [0.25, 0.3) is 0 Å². The van der Waals surface area contributed by atoms with Gasteiger partial charge >= 0.3 is 12.1 Å². The van der Waals surface area contributed by atoms with Crippen LogP contribution in [-0.4, -0.2) is 42.4 Å². The van der Waals surface area contributed by atoms with Crippen molar-refractivity contribution in [3.05, 3.63) is 35.9 Å². The summed E-state index contributed by atoms with van der Waals surface area (Å²) in [4.78, 5) is 37.2. The van der Waals surface area contributed by atoms with Crippen LogP contribution < -0.4 is 0 Å². The van der Waals surface area contributed by atoms with Gasteiger partial charge in [0.1, 0.15) is 6.61 Å². The molecule has 23 heavy (non-hydrogen) atoms. The first-order valence-electron chi connectivity index (χ1n) is 7.58. The van der Waals surface area contributed by atoms with Gasteiger partial charge in [-0.25, -0.2) is 4.79 Å². The summed E-state index contributed by atoms with van der Waals surface area (Å²) in [6.07, 6.45) is 0.386. The van der Waals surface area contributed by atoms with Crippen molar-refractivity contribution in [3.63, 3.8) is 0 Å². The Morgan fingerprint density at radius 1 is 1.17 bits per heavy atom. The summed E-state index contributed by atoms with van der Waals surface area (Å²) in [5, 5.41) is 0. The third-order valence-corrected chi connectivity index (χ3v) is 4.03. The van der Waals surface area contributed by atoms with Gasteiger partial charge in [-0.1, -0.05) is 30.3 Å². The molecule has 1 amide bonds. The summed E-state index contributed by atoms with van der Waals surface area (Å²) in [7, 11) is 1.32. The third-order valence-electron chi connectivity index (χ3n) is 4.03. The lowest BCUT2D eigenvalue weighted by Crippen LogP contribution is -2.51. The number of hydrogen-bond acceptors (Lipinski definition) is 5. The van der Waals surface area contributed by atoms with E-state index in [2.05, 4.69) is 0 Å². The molecule has 2 unspecified atom stereocenters. The van der Waals surface area contributed by atoms with E-state index in [9.17, 15) is 14.4 Å². The number of likely N-dealkylation sites (tertiary alicyclic amines) is 1. The van der Waals surface area contributed by atoms with Crippen molar-refractivity contribution < 1.29 is 23.9 Å². The fourth-order valence-corrected chi connectivity index (χ4v) is 2.76. The van der Waals surface area contributed by atoms with Crippen LogP contribution in [0.4, 0.5) is 4.79 Å². The largest absolute Gasteiger partial charge is 0.469 e. The smallest absolute Gasteiger partial charge is 0.410 e. The molecule has 0 radical (unpaired) electrons. The molecule has 0 saturated carbocycles. The molecule has 0 bridgehead atoms. The number of piperidine rings is 1. The second kappa shape index (κ2) is 7.76. The quantitative estimate of drug-likeness (QED) is 0.795. The van der Waals surface area contributed by atoms with E-state index in [0.717, 1.165) is 5.56 Å². The average molecular weight is 319 g/mol. The van der Waals surface area contributed by atoms with E-state index in [0.29, 0.717) is 12.8 Å². The molecule has 1 aliphatic rings. The number of ketones is 1. The molecule has 2 rings (SSSR count). The van der Waals surface area contributed by atoms with Crippen LogP contribution in [0.5, 0.6) is 0 Å². The topological polar surface area (TPSA) is 72.9 Å². The minimum absolute atomic E-state index is 0.107. The Balaban J connectivity index is 2.03. The lowest BCUT2D eigenvalue weighted by Gasteiger charge is -2.36. The molecular weight excluding hydrogens is 298 g/mol. The second-order valence-electron chi connectivity index (χ2n) is 5.62. The van der Waals surface area contributed by atoms with E-state index in [1.54, 1.807) is 0 Å². The van der Waals surface area contributed by atoms with Crippen LogP contribution in [-0.2, 0) is 25.7 Å². The number of carbonyl (C=O) groups is 3. The summed E-state index contributed by atoms with van der Waals surface area (Å²) >= 11 is 0. The van der Waals surface area contributed by atoms with Crippen molar-refractivity contribution in [1.82, 2.24) is 4.90 Å². The van der Waals surface area contributed by atoms with Gasteiger partial charge in [-0.2, -0.15) is 0 Å². The van der Waals surface area contributed by atoms with E-state index in [1.165, 1.54) is 18.9 Å². The highest BCUT2D eigenvalue weighted by atomic mass is 16.6. The summed E-state index contributed by atoms with van der Waals surface area (Å²) < 4.78 is 10.0. The summed E-state index contributed by atoms with van der Waals surface area (Å²) in [6.45, 7) is 1.72. The van der Waals surface area contributed by atoms with Gasteiger partial charge in [-0.05, 0) is 25.3 Å². The van der Waals surface area contributed by atoms with E-state index < -0.39 is 18.1 Å². The van der Waals surface area contributed by atoms with Gasteiger partial charge in [0.15, 0.2) is 5.78 Å².